The number of hydrogen-bond acceptors (Lipinski definition) is 5. The van der Waals surface area contributed by atoms with Crippen molar-refractivity contribution in [1.82, 2.24) is 4.90 Å². The molecule has 0 bridgehead atoms. The van der Waals surface area contributed by atoms with E-state index < -0.39 is 6.10 Å². The summed E-state index contributed by atoms with van der Waals surface area (Å²) in [6.45, 7) is 1.21. The number of rotatable bonds is 8. The third-order valence-electron chi connectivity index (χ3n) is 2.57. The summed E-state index contributed by atoms with van der Waals surface area (Å²) >= 11 is 4.89. The van der Waals surface area contributed by atoms with Crippen molar-refractivity contribution in [2.24, 2.45) is 5.73 Å². The summed E-state index contributed by atoms with van der Waals surface area (Å²) in [4.78, 5) is 2.15. The Morgan fingerprint density at radius 3 is 2.89 bits per heavy atom. The lowest BCUT2D eigenvalue weighted by molar-refractivity contribution is 0.0711. The van der Waals surface area contributed by atoms with Crippen molar-refractivity contribution in [3.63, 3.8) is 0 Å². The molecular weight excluding hydrogens is 264 g/mol. The van der Waals surface area contributed by atoms with Gasteiger partial charge in [-0.15, -0.1) is 0 Å². The quantitative estimate of drug-likeness (QED) is 0.583. The van der Waals surface area contributed by atoms with E-state index in [0.717, 1.165) is 5.56 Å². The van der Waals surface area contributed by atoms with Crippen LogP contribution in [0.5, 0.6) is 5.75 Å². The Hall–Kier alpha value is -1.21. The molecule has 0 saturated heterocycles. The highest BCUT2D eigenvalue weighted by Crippen LogP contribution is 2.13. The fraction of sp³-hybridized carbons (Fsp3) is 0.462. The van der Waals surface area contributed by atoms with Crippen molar-refractivity contribution in [1.29, 1.82) is 0 Å². The minimum Gasteiger partial charge on any atom is -0.491 e. The first kappa shape index (κ1) is 15.8. The van der Waals surface area contributed by atoms with Crippen LogP contribution >= 0.6 is 12.2 Å². The SMILES string of the molecule is CN(CCO)CC(O)COc1cccc(C(N)=S)c1. The van der Waals surface area contributed by atoms with Gasteiger partial charge in [-0.1, -0.05) is 24.4 Å². The molecule has 1 unspecified atom stereocenters. The van der Waals surface area contributed by atoms with Crippen LogP contribution in [-0.2, 0) is 0 Å². The predicted molar refractivity (Wildman–Crippen MR) is 78.4 cm³/mol. The lowest BCUT2D eigenvalue weighted by Crippen LogP contribution is -2.34. The molecule has 19 heavy (non-hydrogen) atoms. The monoisotopic (exact) mass is 284 g/mol. The van der Waals surface area contributed by atoms with Crippen molar-refractivity contribution >= 4 is 17.2 Å². The van der Waals surface area contributed by atoms with Crippen molar-refractivity contribution < 1.29 is 14.9 Å². The Morgan fingerprint density at radius 2 is 2.26 bits per heavy atom. The van der Waals surface area contributed by atoms with Gasteiger partial charge in [0, 0.05) is 18.7 Å². The highest BCUT2D eigenvalue weighted by molar-refractivity contribution is 7.80. The van der Waals surface area contributed by atoms with Crippen LogP contribution in [0.1, 0.15) is 5.56 Å². The fourth-order valence-electron chi connectivity index (χ4n) is 1.61. The highest BCUT2D eigenvalue weighted by Gasteiger charge is 2.09. The fourth-order valence-corrected chi connectivity index (χ4v) is 1.73. The normalized spacial score (nSPS) is 12.4. The lowest BCUT2D eigenvalue weighted by atomic mass is 10.2. The van der Waals surface area contributed by atoms with Crippen LogP contribution in [0, 0.1) is 0 Å². The molecule has 0 aliphatic carbocycles. The number of aliphatic hydroxyl groups is 2. The van der Waals surface area contributed by atoms with Gasteiger partial charge in [0.05, 0.1) is 6.61 Å². The Balaban J connectivity index is 2.43. The van der Waals surface area contributed by atoms with Crippen LogP contribution < -0.4 is 10.5 Å². The van der Waals surface area contributed by atoms with Gasteiger partial charge in [0.15, 0.2) is 0 Å². The number of hydrogen-bond donors (Lipinski definition) is 3. The molecule has 0 saturated carbocycles. The molecule has 0 amide bonds. The van der Waals surface area contributed by atoms with Crippen LogP contribution in [0.2, 0.25) is 0 Å². The van der Waals surface area contributed by atoms with Gasteiger partial charge in [-0.3, -0.25) is 0 Å². The summed E-state index contributed by atoms with van der Waals surface area (Å²) in [6, 6.07) is 7.13. The minimum absolute atomic E-state index is 0.0695. The van der Waals surface area contributed by atoms with E-state index in [-0.39, 0.29) is 13.2 Å². The van der Waals surface area contributed by atoms with Crippen molar-refractivity contribution in [3.05, 3.63) is 29.8 Å². The molecule has 1 rings (SSSR count). The van der Waals surface area contributed by atoms with Crippen molar-refractivity contribution in [2.45, 2.75) is 6.10 Å². The zero-order chi connectivity index (χ0) is 14.3. The molecule has 106 valence electrons. The third kappa shape index (κ3) is 5.98. The van der Waals surface area contributed by atoms with Gasteiger partial charge in [-0.05, 0) is 19.2 Å². The molecule has 0 aliphatic rings. The number of benzene rings is 1. The molecule has 4 N–H and O–H groups in total. The van der Waals surface area contributed by atoms with E-state index in [1.54, 1.807) is 24.3 Å². The summed E-state index contributed by atoms with van der Waals surface area (Å²) in [5.41, 5.74) is 6.27. The maximum absolute atomic E-state index is 9.79. The average Bonchev–Trinajstić information content (AvgIpc) is 2.37. The number of nitrogens with zero attached hydrogens (tertiary/aromatic N) is 1. The number of likely N-dealkylation sites (N-methyl/N-ethyl adjacent to an activating group) is 1. The standard InChI is InChI=1S/C13H20N2O3S/c1-15(5-6-16)8-11(17)9-18-12-4-2-3-10(7-12)13(14)19/h2-4,7,11,16-17H,5-6,8-9H2,1H3,(H2,14,19). The Morgan fingerprint density at radius 1 is 1.53 bits per heavy atom. The number of thiocarbonyl (C=S) groups is 1. The van der Waals surface area contributed by atoms with Gasteiger partial charge in [0.25, 0.3) is 0 Å². The highest BCUT2D eigenvalue weighted by atomic mass is 32.1. The second-order valence-electron chi connectivity index (χ2n) is 4.34. The summed E-state index contributed by atoms with van der Waals surface area (Å²) in [5, 5.41) is 18.5. The molecule has 0 heterocycles. The molecule has 0 radical (unpaired) electrons. The average molecular weight is 284 g/mol. The van der Waals surface area contributed by atoms with E-state index in [2.05, 4.69) is 0 Å². The zero-order valence-electron chi connectivity index (χ0n) is 11.0. The van der Waals surface area contributed by atoms with Gasteiger partial charge >= 0.3 is 0 Å². The topological polar surface area (TPSA) is 79.0 Å². The molecule has 1 aromatic carbocycles. The van der Waals surface area contributed by atoms with Crippen molar-refractivity contribution in [2.75, 3.05) is 33.4 Å². The Labute approximate surface area is 118 Å². The smallest absolute Gasteiger partial charge is 0.120 e. The second-order valence-corrected chi connectivity index (χ2v) is 4.78. The second kappa shape index (κ2) is 8.06. The molecule has 0 aliphatic heterocycles. The van der Waals surface area contributed by atoms with Gasteiger partial charge in [0.1, 0.15) is 23.4 Å². The summed E-state index contributed by atoms with van der Waals surface area (Å²) in [5.74, 6) is 0.620. The molecule has 1 aromatic rings. The van der Waals surface area contributed by atoms with E-state index in [1.807, 2.05) is 11.9 Å². The van der Waals surface area contributed by atoms with Gasteiger partial charge in [-0.25, -0.2) is 0 Å². The van der Waals surface area contributed by atoms with Crippen LogP contribution in [0.3, 0.4) is 0 Å². The van der Waals surface area contributed by atoms with Gasteiger partial charge in [0.2, 0.25) is 0 Å². The minimum atomic E-state index is -0.620. The number of nitrogens with two attached hydrogens (primary N) is 1. The number of aliphatic hydroxyl groups excluding tert-OH is 2. The van der Waals surface area contributed by atoms with Crippen LogP contribution in [-0.4, -0.2) is 59.6 Å². The van der Waals surface area contributed by atoms with Gasteiger partial charge in [-0.2, -0.15) is 0 Å². The molecule has 0 spiro atoms. The van der Waals surface area contributed by atoms with E-state index in [1.165, 1.54) is 0 Å². The predicted octanol–water partition coefficient (Wildman–Crippen LogP) is -0.0154. The zero-order valence-corrected chi connectivity index (χ0v) is 11.8. The Kier molecular flexibility index (Phi) is 6.72. The lowest BCUT2D eigenvalue weighted by Gasteiger charge is -2.19. The number of ether oxygens (including phenoxy) is 1. The first-order chi connectivity index (χ1) is 9.02. The van der Waals surface area contributed by atoms with Crippen molar-refractivity contribution in [3.8, 4) is 5.75 Å². The third-order valence-corrected chi connectivity index (χ3v) is 2.80. The maximum atomic E-state index is 9.79. The van der Waals surface area contributed by atoms with Crippen LogP contribution in [0.4, 0.5) is 0 Å². The molecule has 0 fully saturated rings. The molecule has 1 atom stereocenters. The van der Waals surface area contributed by atoms with E-state index in [0.29, 0.717) is 23.8 Å². The van der Waals surface area contributed by atoms with Crippen LogP contribution in [0.15, 0.2) is 24.3 Å². The molecule has 5 nitrogen and oxygen atoms in total. The van der Waals surface area contributed by atoms with Gasteiger partial charge < -0.3 is 25.6 Å². The largest absolute Gasteiger partial charge is 0.491 e. The summed E-state index contributed by atoms with van der Waals surface area (Å²) in [7, 11) is 1.83. The summed E-state index contributed by atoms with van der Waals surface area (Å²) < 4.78 is 5.48. The molecular formula is C13H20N2O3S. The van der Waals surface area contributed by atoms with E-state index in [9.17, 15) is 5.11 Å². The van der Waals surface area contributed by atoms with E-state index in [4.69, 9.17) is 27.8 Å². The summed E-state index contributed by atoms with van der Waals surface area (Å²) in [6.07, 6.45) is -0.620. The molecule has 0 aromatic heterocycles. The maximum Gasteiger partial charge on any atom is 0.120 e. The first-order valence-electron chi connectivity index (χ1n) is 6.03. The molecule has 6 heteroatoms. The van der Waals surface area contributed by atoms with E-state index >= 15 is 0 Å². The van der Waals surface area contributed by atoms with Crippen LogP contribution in [0.25, 0.3) is 0 Å². The Bertz CT molecular complexity index is 415. The first-order valence-corrected chi connectivity index (χ1v) is 6.44.